The van der Waals surface area contributed by atoms with E-state index in [0.29, 0.717) is 11.1 Å². The molecule has 0 N–H and O–H groups in total. The Morgan fingerprint density at radius 1 is 1.17 bits per heavy atom. The third-order valence-corrected chi connectivity index (χ3v) is 1.92. The van der Waals surface area contributed by atoms with Gasteiger partial charge in [0.1, 0.15) is 17.2 Å². The number of benzene rings is 1. The third-order valence-electron chi connectivity index (χ3n) is 1.92. The summed E-state index contributed by atoms with van der Waals surface area (Å²) < 4.78 is 18.3. The summed E-state index contributed by atoms with van der Waals surface area (Å²) in [5.74, 6) is 0.604. The van der Waals surface area contributed by atoms with Crippen LogP contribution in [-0.2, 0) is 0 Å². The lowest BCUT2D eigenvalue weighted by Crippen LogP contribution is -1.79. The number of fused-ring (bicyclic) bond motifs is 1. The van der Waals surface area contributed by atoms with Gasteiger partial charge in [-0.2, -0.15) is 0 Å². The minimum atomic E-state index is -0.211. The van der Waals surface area contributed by atoms with Crippen molar-refractivity contribution in [2.75, 3.05) is 0 Å². The minimum Gasteiger partial charge on any atom is -0.461 e. The van der Waals surface area contributed by atoms with Crippen LogP contribution in [0.25, 0.3) is 11.0 Å². The molecule has 1 aromatic heterocycles. The van der Waals surface area contributed by atoms with Crippen LogP contribution < -0.4 is 0 Å². The van der Waals surface area contributed by atoms with Crippen molar-refractivity contribution in [2.24, 2.45) is 0 Å². The summed E-state index contributed by atoms with van der Waals surface area (Å²) in [6.07, 6.45) is 0. The van der Waals surface area contributed by atoms with Crippen molar-refractivity contribution in [3.8, 4) is 0 Å². The van der Waals surface area contributed by atoms with E-state index < -0.39 is 0 Å². The van der Waals surface area contributed by atoms with E-state index in [1.807, 2.05) is 13.0 Å². The zero-order valence-corrected chi connectivity index (χ0v) is 7.02. The molecule has 0 atom stereocenters. The molecule has 2 heteroatoms. The lowest BCUT2D eigenvalue weighted by atomic mass is 10.2. The molecule has 62 valence electrons. The Balaban J connectivity index is 2.83. The number of furan rings is 1. The fourth-order valence-corrected chi connectivity index (χ4v) is 1.31. The smallest absolute Gasteiger partial charge is 0.137 e. The monoisotopic (exact) mass is 164 g/mol. The molecule has 0 aliphatic rings. The van der Waals surface area contributed by atoms with Gasteiger partial charge in [0.2, 0.25) is 0 Å². The molecule has 2 rings (SSSR count). The van der Waals surface area contributed by atoms with Gasteiger partial charge in [-0.25, -0.2) is 4.39 Å². The summed E-state index contributed by atoms with van der Waals surface area (Å²) in [5, 5.41) is 0.964. The van der Waals surface area contributed by atoms with Crippen LogP contribution in [0.5, 0.6) is 0 Å². The van der Waals surface area contributed by atoms with Crippen LogP contribution in [0.15, 0.2) is 22.6 Å². The van der Waals surface area contributed by atoms with Gasteiger partial charge in [0.25, 0.3) is 0 Å². The second-order valence-electron chi connectivity index (χ2n) is 3.00. The van der Waals surface area contributed by atoms with Crippen LogP contribution in [0, 0.1) is 19.7 Å². The Morgan fingerprint density at radius 2 is 1.92 bits per heavy atom. The first-order valence-electron chi connectivity index (χ1n) is 3.83. The van der Waals surface area contributed by atoms with Crippen molar-refractivity contribution in [2.45, 2.75) is 13.8 Å². The van der Waals surface area contributed by atoms with Crippen LogP contribution in [-0.4, -0.2) is 0 Å². The van der Waals surface area contributed by atoms with Gasteiger partial charge >= 0.3 is 0 Å². The summed E-state index contributed by atoms with van der Waals surface area (Å²) in [5.41, 5.74) is 1.28. The summed E-state index contributed by atoms with van der Waals surface area (Å²) in [6.45, 7) is 3.60. The molecule has 0 radical (unpaired) electrons. The van der Waals surface area contributed by atoms with Crippen molar-refractivity contribution in [3.63, 3.8) is 0 Å². The Hall–Kier alpha value is -1.31. The highest BCUT2D eigenvalue weighted by molar-refractivity contribution is 5.78. The molecule has 0 saturated heterocycles. The Labute approximate surface area is 69.8 Å². The molecule has 1 aromatic carbocycles. The van der Waals surface area contributed by atoms with Crippen LogP contribution >= 0.6 is 0 Å². The molecule has 0 unspecified atom stereocenters. The van der Waals surface area contributed by atoms with Crippen molar-refractivity contribution in [1.82, 2.24) is 0 Å². The highest BCUT2D eigenvalue weighted by atomic mass is 19.1. The van der Waals surface area contributed by atoms with E-state index >= 15 is 0 Å². The molecule has 0 bridgehead atoms. The lowest BCUT2D eigenvalue weighted by molar-refractivity contribution is 0.569. The number of halogens is 1. The van der Waals surface area contributed by atoms with Crippen molar-refractivity contribution < 1.29 is 8.81 Å². The van der Waals surface area contributed by atoms with Gasteiger partial charge in [0, 0.05) is 11.5 Å². The predicted molar refractivity (Wildman–Crippen MR) is 45.6 cm³/mol. The second kappa shape index (κ2) is 2.34. The van der Waals surface area contributed by atoms with Crippen LogP contribution in [0.3, 0.4) is 0 Å². The summed E-state index contributed by atoms with van der Waals surface area (Å²) in [7, 11) is 0. The van der Waals surface area contributed by atoms with Crippen LogP contribution in [0.1, 0.15) is 11.3 Å². The van der Waals surface area contributed by atoms with Gasteiger partial charge < -0.3 is 4.42 Å². The zero-order valence-electron chi connectivity index (χ0n) is 7.02. The van der Waals surface area contributed by atoms with E-state index in [2.05, 4.69) is 0 Å². The normalized spacial score (nSPS) is 10.9. The first-order valence-corrected chi connectivity index (χ1v) is 3.83. The lowest BCUT2D eigenvalue weighted by Gasteiger charge is -1.93. The van der Waals surface area contributed by atoms with E-state index in [-0.39, 0.29) is 5.82 Å². The van der Waals surface area contributed by atoms with E-state index in [1.165, 1.54) is 6.07 Å². The third kappa shape index (κ3) is 0.998. The predicted octanol–water partition coefficient (Wildman–Crippen LogP) is 3.19. The highest BCUT2D eigenvalue weighted by Gasteiger charge is 2.04. The van der Waals surface area contributed by atoms with Gasteiger partial charge in [-0.05, 0) is 31.5 Å². The maximum atomic E-state index is 13.0. The molecular formula is C10H9FO. The first kappa shape index (κ1) is 7.35. The van der Waals surface area contributed by atoms with Gasteiger partial charge in [-0.15, -0.1) is 0 Å². The van der Waals surface area contributed by atoms with Gasteiger partial charge in [-0.1, -0.05) is 0 Å². The Bertz CT molecular complexity index is 390. The molecule has 0 saturated carbocycles. The molecule has 1 heterocycles. The van der Waals surface area contributed by atoms with Gasteiger partial charge in [0.05, 0.1) is 0 Å². The maximum absolute atomic E-state index is 13.0. The topological polar surface area (TPSA) is 13.1 Å². The fraction of sp³-hybridized carbons (Fsp3) is 0.200. The fourth-order valence-electron chi connectivity index (χ4n) is 1.31. The molecular weight excluding hydrogens is 155 g/mol. The SMILES string of the molecule is Cc1cc2cc(C)c(F)cc2o1. The van der Waals surface area contributed by atoms with Gasteiger partial charge in [0.15, 0.2) is 0 Å². The summed E-state index contributed by atoms with van der Waals surface area (Å²) >= 11 is 0. The minimum absolute atomic E-state index is 0.211. The second-order valence-corrected chi connectivity index (χ2v) is 3.00. The van der Waals surface area contributed by atoms with Crippen LogP contribution in [0.2, 0.25) is 0 Å². The van der Waals surface area contributed by atoms with Gasteiger partial charge in [-0.3, -0.25) is 0 Å². The molecule has 0 fully saturated rings. The zero-order chi connectivity index (χ0) is 8.72. The molecule has 0 aliphatic carbocycles. The largest absolute Gasteiger partial charge is 0.461 e. The van der Waals surface area contributed by atoms with E-state index in [1.54, 1.807) is 13.0 Å². The number of rotatable bonds is 0. The van der Waals surface area contributed by atoms with Crippen LogP contribution in [0.4, 0.5) is 4.39 Å². The highest BCUT2D eigenvalue weighted by Crippen LogP contribution is 2.21. The molecule has 0 aliphatic heterocycles. The maximum Gasteiger partial charge on any atom is 0.137 e. The number of hydrogen-bond donors (Lipinski definition) is 0. The molecule has 0 spiro atoms. The van der Waals surface area contributed by atoms with Crippen molar-refractivity contribution >= 4 is 11.0 Å². The molecule has 12 heavy (non-hydrogen) atoms. The van der Waals surface area contributed by atoms with Crippen molar-refractivity contribution in [3.05, 3.63) is 35.3 Å². The number of aryl methyl sites for hydroxylation is 2. The van der Waals surface area contributed by atoms with Crippen molar-refractivity contribution in [1.29, 1.82) is 0 Å². The van der Waals surface area contributed by atoms with E-state index in [4.69, 9.17) is 4.42 Å². The summed E-state index contributed by atoms with van der Waals surface area (Å²) in [6, 6.07) is 5.13. The summed E-state index contributed by atoms with van der Waals surface area (Å²) in [4.78, 5) is 0. The average molecular weight is 164 g/mol. The Kier molecular flexibility index (Phi) is 1.43. The standard InChI is InChI=1S/C10H9FO/c1-6-3-8-4-7(2)12-10(8)5-9(6)11/h3-5H,1-2H3. The number of hydrogen-bond acceptors (Lipinski definition) is 1. The van der Waals surface area contributed by atoms with E-state index in [0.717, 1.165) is 11.1 Å². The molecule has 1 nitrogen and oxygen atoms in total. The average Bonchev–Trinajstić information content (AvgIpc) is 2.30. The Morgan fingerprint density at radius 3 is 2.67 bits per heavy atom. The quantitative estimate of drug-likeness (QED) is 0.582. The molecule has 0 amide bonds. The van der Waals surface area contributed by atoms with E-state index in [9.17, 15) is 4.39 Å². The first-order chi connectivity index (χ1) is 5.66. The molecule has 2 aromatic rings.